The van der Waals surface area contributed by atoms with Crippen LogP contribution in [-0.2, 0) is 16.4 Å². The Hall–Kier alpha value is -2.58. The van der Waals surface area contributed by atoms with Gasteiger partial charge in [-0.1, -0.05) is 31.2 Å². The van der Waals surface area contributed by atoms with Gasteiger partial charge in [0.05, 0.1) is 23.7 Å². The molecule has 1 aliphatic carbocycles. The fraction of sp³-hybridized carbons (Fsp3) is 0.381. The third-order valence-electron chi connectivity index (χ3n) is 4.86. The number of hydrogen-bond donors (Lipinski definition) is 3. The average Bonchev–Trinajstić information content (AvgIpc) is 3.51. The third kappa shape index (κ3) is 5.48. The lowest BCUT2D eigenvalue weighted by atomic mass is 10.1. The highest BCUT2D eigenvalue weighted by Gasteiger charge is 2.28. The first-order chi connectivity index (χ1) is 13.8. The maximum atomic E-state index is 12.5. The number of carbonyl (C=O) groups is 1. The van der Waals surface area contributed by atoms with Crippen LogP contribution >= 0.6 is 0 Å². The molecular formula is C21H27N3O4S. The summed E-state index contributed by atoms with van der Waals surface area (Å²) in [6, 6.07) is 11.8. The highest BCUT2D eigenvalue weighted by molar-refractivity contribution is 7.89. The van der Waals surface area contributed by atoms with E-state index in [1.165, 1.54) is 30.9 Å². The number of methoxy groups -OCH3 is 1. The minimum absolute atomic E-state index is 0.00163. The predicted octanol–water partition coefficient (Wildman–Crippen LogP) is 3.58. The highest BCUT2D eigenvalue weighted by atomic mass is 32.2. The second-order valence-corrected chi connectivity index (χ2v) is 8.89. The van der Waals surface area contributed by atoms with Gasteiger partial charge in [0.25, 0.3) is 0 Å². The number of aryl methyl sites for hydroxylation is 1. The molecule has 2 aromatic carbocycles. The lowest BCUT2D eigenvalue weighted by Gasteiger charge is -2.17. The van der Waals surface area contributed by atoms with Crippen molar-refractivity contribution in [3.8, 4) is 5.75 Å². The Bertz CT molecular complexity index is 970. The minimum atomic E-state index is -3.63. The summed E-state index contributed by atoms with van der Waals surface area (Å²) in [5.74, 6) is 0.380. The van der Waals surface area contributed by atoms with Crippen LogP contribution in [0.1, 0.15) is 43.9 Å². The molecule has 0 radical (unpaired) electrons. The molecule has 8 heteroatoms. The van der Waals surface area contributed by atoms with Gasteiger partial charge < -0.3 is 15.4 Å². The summed E-state index contributed by atoms with van der Waals surface area (Å²) in [4.78, 5) is 12.6. The van der Waals surface area contributed by atoms with Crippen molar-refractivity contribution in [2.75, 3.05) is 12.4 Å². The number of nitrogens with one attached hydrogen (secondary N) is 3. The fourth-order valence-electron chi connectivity index (χ4n) is 2.92. The molecule has 0 aromatic heterocycles. The normalized spacial score (nSPS) is 14.9. The molecule has 0 saturated heterocycles. The van der Waals surface area contributed by atoms with Crippen molar-refractivity contribution in [3.63, 3.8) is 0 Å². The van der Waals surface area contributed by atoms with Crippen LogP contribution in [-0.4, -0.2) is 27.6 Å². The molecule has 3 N–H and O–H groups in total. The number of hydrogen-bond acceptors (Lipinski definition) is 4. The van der Waals surface area contributed by atoms with Crippen LogP contribution in [0.4, 0.5) is 10.5 Å². The van der Waals surface area contributed by atoms with Crippen LogP contribution in [0.25, 0.3) is 0 Å². The molecule has 3 rings (SSSR count). The van der Waals surface area contributed by atoms with Crippen LogP contribution in [0.15, 0.2) is 47.4 Å². The van der Waals surface area contributed by atoms with Crippen molar-refractivity contribution in [2.45, 2.75) is 50.1 Å². The number of ether oxygens (including phenoxy) is 1. The van der Waals surface area contributed by atoms with Gasteiger partial charge in [-0.2, -0.15) is 0 Å². The molecule has 7 nitrogen and oxygen atoms in total. The van der Waals surface area contributed by atoms with Gasteiger partial charge in [-0.05, 0) is 55.5 Å². The Labute approximate surface area is 171 Å². The van der Waals surface area contributed by atoms with Crippen molar-refractivity contribution in [3.05, 3.63) is 53.6 Å². The first kappa shape index (κ1) is 21.1. The molecule has 1 atom stereocenters. The first-order valence-corrected chi connectivity index (χ1v) is 11.2. The van der Waals surface area contributed by atoms with Gasteiger partial charge in [0, 0.05) is 6.04 Å². The van der Waals surface area contributed by atoms with Gasteiger partial charge in [-0.3, -0.25) is 0 Å². The number of urea groups is 1. The zero-order chi connectivity index (χ0) is 21.0. The smallest absolute Gasteiger partial charge is 0.319 e. The first-order valence-electron chi connectivity index (χ1n) is 9.69. The van der Waals surface area contributed by atoms with Crippen LogP contribution < -0.4 is 20.1 Å². The molecule has 2 aromatic rings. The van der Waals surface area contributed by atoms with E-state index >= 15 is 0 Å². The van der Waals surface area contributed by atoms with Crippen molar-refractivity contribution in [1.82, 2.24) is 10.0 Å². The van der Waals surface area contributed by atoms with Gasteiger partial charge >= 0.3 is 6.03 Å². The second kappa shape index (κ2) is 8.84. The van der Waals surface area contributed by atoms with Gasteiger partial charge in [-0.15, -0.1) is 0 Å². The average molecular weight is 418 g/mol. The lowest BCUT2D eigenvalue weighted by Crippen LogP contribution is -2.31. The van der Waals surface area contributed by atoms with Crippen LogP contribution in [0.5, 0.6) is 5.75 Å². The van der Waals surface area contributed by atoms with E-state index in [9.17, 15) is 13.2 Å². The summed E-state index contributed by atoms with van der Waals surface area (Å²) in [7, 11) is -2.17. The molecule has 0 aliphatic heterocycles. The van der Waals surface area contributed by atoms with Crippen LogP contribution in [0, 0.1) is 0 Å². The number of benzene rings is 2. The largest absolute Gasteiger partial charge is 0.495 e. The molecular weight excluding hydrogens is 390 g/mol. The number of rotatable bonds is 8. The summed E-state index contributed by atoms with van der Waals surface area (Å²) in [6.45, 7) is 3.98. The predicted molar refractivity (Wildman–Crippen MR) is 113 cm³/mol. The fourth-order valence-corrected chi connectivity index (χ4v) is 4.25. The molecule has 156 valence electrons. The summed E-state index contributed by atoms with van der Waals surface area (Å²) in [6.07, 6.45) is 2.65. The molecule has 0 spiro atoms. The number of carbonyl (C=O) groups excluding carboxylic acids is 1. The molecule has 1 aliphatic rings. The number of sulfonamides is 1. The Balaban J connectivity index is 1.71. The van der Waals surface area contributed by atoms with Crippen molar-refractivity contribution in [1.29, 1.82) is 0 Å². The second-order valence-electron chi connectivity index (χ2n) is 7.17. The third-order valence-corrected chi connectivity index (χ3v) is 6.38. The molecule has 1 saturated carbocycles. The monoisotopic (exact) mass is 417 g/mol. The van der Waals surface area contributed by atoms with E-state index in [1.54, 1.807) is 0 Å². The highest BCUT2D eigenvalue weighted by Crippen LogP contribution is 2.29. The van der Waals surface area contributed by atoms with Gasteiger partial charge in [0.15, 0.2) is 0 Å². The Morgan fingerprint density at radius 2 is 1.86 bits per heavy atom. The minimum Gasteiger partial charge on any atom is -0.495 e. The Kier molecular flexibility index (Phi) is 6.44. The summed E-state index contributed by atoms with van der Waals surface area (Å²) < 4.78 is 32.8. The Morgan fingerprint density at radius 3 is 2.45 bits per heavy atom. The standard InChI is InChI=1S/C21H27N3O4S/c1-4-15-5-7-16(8-6-15)14(2)22-21(25)23-19-13-18(11-12-20(19)28-3)29(26,27)24-17-9-10-17/h5-8,11-14,17,24H,4,9-10H2,1-3H3,(H2,22,23,25)/t14-/m0/s1. The van der Waals surface area contributed by atoms with Crippen LogP contribution in [0.2, 0.25) is 0 Å². The molecule has 0 unspecified atom stereocenters. The van der Waals surface area contributed by atoms with E-state index in [0.717, 1.165) is 24.8 Å². The number of anilines is 1. The summed E-state index contributed by atoms with van der Waals surface area (Å²) >= 11 is 0. The van der Waals surface area contributed by atoms with E-state index in [1.807, 2.05) is 31.2 Å². The molecule has 0 heterocycles. The quantitative estimate of drug-likeness (QED) is 0.612. The van der Waals surface area contributed by atoms with Crippen molar-refractivity contribution >= 4 is 21.7 Å². The van der Waals surface area contributed by atoms with E-state index in [0.29, 0.717) is 5.75 Å². The SMILES string of the molecule is CCc1ccc([C@H](C)NC(=O)Nc2cc(S(=O)(=O)NC3CC3)ccc2OC)cc1. The van der Waals surface area contributed by atoms with E-state index in [-0.39, 0.29) is 22.7 Å². The van der Waals surface area contributed by atoms with Gasteiger partial charge in [-0.25, -0.2) is 17.9 Å². The van der Waals surface area contributed by atoms with E-state index in [2.05, 4.69) is 22.3 Å². The lowest BCUT2D eigenvalue weighted by molar-refractivity contribution is 0.249. The molecule has 1 fully saturated rings. The molecule has 2 amide bonds. The van der Waals surface area contributed by atoms with Crippen LogP contribution in [0.3, 0.4) is 0 Å². The summed E-state index contributed by atoms with van der Waals surface area (Å²) in [5, 5.41) is 5.56. The zero-order valence-corrected chi connectivity index (χ0v) is 17.7. The topological polar surface area (TPSA) is 96.5 Å². The van der Waals surface area contributed by atoms with Gasteiger partial charge in [0.1, 0.15) is 5.75 Å². The summed E-state index contributed by atoms with van der Waals surface area (Å²) in [5.41, 5.74) is 2.50. The maximum absolute atomic E-state index is 12.5. The molecule has 29 heavy (non-hydrogen) atoms. The van der Waals surface area contributed by atoms with Gasteiger partial charge in [0.2, 0.25) is 10.0 Å². The van der Waals surface area contributed by atoms with Crippen molar-refractivity contribution < 1.29 is 17.9 Å². The maximum Gasteiger partial charge on any atom is 0.319 e. The Morgan fingerprint density at radius 1 is 1.17 bits per heavy atom. The van der Waals surface area contributed by atoms with E-state index in [4.69, 9.17) is 4.74 Å². The number of amides is 2. The zero-order valence-electron chi connectivity index (χ0n) is 16.9. The van der Waals surface area contributed by atoms with E-state index < -0.39 is 16.1 Å². The molecule has 0 bridgehead atoms. The van der Waals surface area contributed by atoms with Crippen molar-refractivity contribution in [2.24, 2.45) is 0 Å².